The average molecular weight is 383 g/mol. The van der Waals surface area contributed by atoms with Crippen LogP contribution in [0.5, 0.6) is 0 Å². The number of aromatic nitrogens is 2. The van der Waals surface area contributed by atoms with Gasteiger partial charge < -0.3 is 5.32 Å². The summed E-state index contributed by atoms with van der Waals surface area (Å²) < 4.78 is 1.74. The second kappa shape index (κ2) is 8.41. The molecule has 0 amide bonds. The Kier molecular flexibility index (Phi) is 5.54. The van der Waals surface area contributed by atoms with Crippen LogP contribution >= 0.6 is 0 Å². The van der Waals surface area contributed by atoms with Gasteiger partial charge >= 0.3 is 0 Å². The molecule has 3 aromatic carbocycles. The van der Waals surface area contributed by atoms with E-state index >= 15 is 0 Å². The number of hydrogen-bond donors (Lipinski definition) is 1. The summed E-state index contributed by atoms with van der Waals surface area (Å²) >= 11 is 0. The largest absolute Gasteiger partial charge is 0.303 e. The molecule has 1 atom stereocenters. The maximum Gasteiger partial charge on any atom is 0.266 e. The molecule has 0 fully saturated rings. The van der Waals surface area contributed by atoms with Crippen molar-refractivity contribution in [2.75, 3.05) is 0 Å². The van der Waals surface area contributed by atoms with Gasteiger partial charge in [0.2, 0.25) is 0 Å². The Bertz CT molecular complexity index is 1160. The van der Waals surface area contributed by atoms with E-state index in [1.807, 2.05) is 54.6 Å². The maximum absolute atomic E-state index is 13.4. The fourth-order valence-corrected chi connectivity index (χ4v) is 3.53. The first-order valence-electron chi connectivity index (χ1n) is 10.1. The van der Waals surface area contributed by atoms with E-state index in [1.165, 1.54) is 11.1 Å². The second-order valence-electron chi connectivity index (χ2n) is 7.24. The number of rotatable bonds is 6. The molecule has 1 N–H and O–H groups in total. The Balaban J connectivity index is 1.79. The second-order valence-corrected chi connectivity index (χ2v) is 7.24. The lowest BCUT2D eigenvalue weighted by molar-refractivity contribution is 0.532. The van der Waals surface area contributed by atoms with Gasteiger partial charge in [0.05, 0.1) is 22.6 Å². The lowest BCUT2D eigenvalue weighted by atomic mass is 10.1. The van der Waals surface area contributed by atoms with E-state index in [-0.39, 0.29) is 11.6 Å². The van der Waals surface area contributed by atoms with E-state index in [2.05, 4.69) is 43.4 Å². The van der Waals surface area contributed by atoms with Crippen LogP contribution in [0.3, 0.4) is 0 Å². The van der Waals surface area contributed by atoms with Crippen LogP contribution in [0, 0.1) is 0 Å². The molecule has 0 saturated carbocycles. The van der Waals surface area contributed by atoms with Crippen molar-refractivity contribution < 1.29 is 0 Å². The first-order valence-corrected chi connectivity index (χ1v) is 10.1. The quantitative estimate of drug-likeness (QED) is 0.520. The van der Waals surface area contributed by atoms with Gasteiger partial charge in [-0.3, -0.25) is 9.36 Å². The minimum absolute atomic E-state index is 0.0387. The highest BCUT2D eigenvalue weighted by Gasteiger charge is 2.17. The number of para-hydroxylation sites is 1. The Morgan fingerprint density at radius 2 is 1.59 bits per heavy atom. The maximum atomic E-state index is 13.4. The first kappa shape index (κ1) is 19.1. The summed E-state index contributed by atoms with van der Waals surface area (Å²) in [7, 11) is 0. The molecule has 0 aliphatic heterocycles. The van der Waals surface area contributed by atoms with E-state index < -0.39 is 0 Å². The fraction of sp³-hybridized carbons (Fsp3) is 0.200. The molecular weight excluding hydrogens is 358 g/mol. The minimum Gasteiger partial charge on any atom is -0.303 e. The highest BCUT2D eigenvalue weighted by atomic mass is 16.1. The third kappa shape index (κ3) is 3.98. The molecule has 0 bridgehead atoms. The van der Waals surface area contributed by atoms with Crippen LogP contribution in [0.4, 0.5) is 0 Å². The average Bonchev–Trinajstić information content (AvgIpc) is 2.78. The number of nitrogens with zero attached hydrogens (tertiary/aromatic N) is 2. The molecular formula is C25H25N3O. The van der Waals surface area contributed by atoms with Crippen molar-refractivity contribution >= 4 is 10.9 Å². The predicted molar refractivity (Wildman–Crippen MR) is 118 cm³/mol. The Morgan fingerprint density at radius 1 is 0.897 bits per heavy atom. The molecule has 0 radical (unpaired) electrons. The highest BCUT2D eigenvalue weighted by molar-refractivity contribution is 5.77. The Labute approximate surface area is 170 Å². The van der Waals surface area contributed by atoms with Gasteiger partial charge in [0, 0.05) is 6.54 Å². The van der Waals surface area contributed by atoms with E-state index in [4.69, 9.17) is 4.98 Å². The van der Waals surface area contributed by atoms with Crippen LogP contribution in [0.15, 0.2) is 83.7 Å². The van der Waals surface area contributed by atoms with E-state index in [9.17, 15) is 4.79 Å². The molecule has 4 heteroatoms. The summed E-state index contributed by atoms with van der Waals surface area (Å²) in [5.74, 6) is 0.717. The monoisotopic (exact) mass is 383 g/mol. The van der Waals surface area contributed by atoms with Gasteiger partial charge in [0.1, 0.15) is 5.82 Å². The van der Waals surface area contributed by atoms with E-state index in [0.717, 1.165) is 17.6 Å². The molecule has 4 rings (SSSR count). The van der Waals surface area contributed by atoms with Crippen LogP contribution in [0.1, 0.15) is 36.8 Å². The standard InChI is InChI=1S/C25H25N3O/c1-3-19-13-15-21(16-14-19)28-24(18(2)26-17-20-9-5-4-6-10-20)27-23-12-8-7-11-22(23)25(28)29/h4-16,18,26H,3,17H2,1-2H3/t18-/m0/s1. The van der Waals surface area contributed by atoms with Gasteiger partial charge in [-0.25, -0.2) is 4.98 Å². The normalized spacial score (nSPS) is 12.2. The van der Waals surface area contributed by atoms with E-state index in [1.54, 1.807) is 4.57 Å². The molecule has 0 unspecified atom stereocenters. The summed E-state index contributed by atoms with van der Waals surface area (Å²) in [6, 6.07) is 25.8. The Hall–Kier alpha value is -3.24. The lowest BCUT2D eigenvalue weighted by Crippen LogP contribution is -2.30. The van der Waals surface area contributed by atoms with Crippen LogP contribution in [0.2, 0.25) is 0 Å². The molecule has 0 aliphatic rings. The third-order valence-electron chi connectivity index (χ3n) is 5.25. The SMILES string of the molecule is CCc1ccc(-n2c([C@H](C)NCc3ccccc3)nc3ccccc3c2=O)cc1. The minimum atomic E-state index is -0.0987. The molecule has 0 aliphatic carbocycles. The van der Waals surface area contributed by atoms with Gasteiger partial charge in [-0.1, -0.05) is 61.5 Å². The third-order valence-corrected chi connectivity index (χ3v) is 5.25. The number of hydrogen-bond acceptors (Lipinski definition) is 3. The fourth-order valence-electron chi connectivity index (χ4n) is 3.53. The van der Waals surface area contributed by atoms with Crippen LogP contribution < -0.4 is 10.9 Å². The number of aryl methyl sites for hydroxylation is 1. The van der Waals surface area contributed by atoms with Gasteiger partial charge in [-0.05, 0) is 48.7 Å². The summed E-state index contributed by atoms with van der Waals surface area (Å²) in [6.07, 6.45) is 0.965. The molecule has 4 aromatic rings. The van der Waals surface area contributed by atoms with E-state index in [0.29, 0.717) is 17.8 Å². The van der Waals surface area contributed by atoms with Crippen LogP contribution in [0.25, 0.3) is 16.6 Å². The number of nitrogens with one attached hydrogen (secondary N) is 1. The lowest BCUT2D eigenvalue weighted by Gasteiger charge is -2.20. The highest BCUT2D eigenvalue weighted by Crippen LogP contribution is 2.19. The molecule has 1 heterocycles. The topological polar surface area (TPSA) is 46.9 Å². The Morgan fingerprint density at radius 3 is 2.31 bits per heavy atom. The van der Waals surface area contributed by atoms with Crippen molar-refractivity contribution in [1.29, 1.82) is 0 Å². The zero-order valence-electron chi connectivity index (χ0n) is 16.8. The summed E-state index contributed by atoms with van der Waals surface area (Å²) in [6.45, 7) is 4.88. The molecule has 29 heavy (non-hydrogen) atoms. The van der Waals surface area contributed by atoms with Crippen molar-refractivity contribution in [1.82, 2.24) is 14.9 Å². The summed E-state index contributed by atoms with van der Waals surface area (Å²) in [5.41, 5.74) is 3.97. The molecule has 0 saturated heterocycles. The zero-order chi connectivity index (χ0) is 20.2. The van der Waals surface area contributed by atoms with Crippen molar-refractivity contribution in [2.45, 2.75) is 32.9 Å². The van der Waals surface area contributed by atoms with Gasteiger partial charge in [0.15, 0.2) is 0 Å². The zero-order valence-corrected chi connectivity index (χ0v) is 16.8. The molecule has 1 aromatic heterocycles. The first-order chi connectivity index (χ1) is 14.2. The predicted octanol–water partition coefficient (Wildman–Crippen LogP) is 4.80. The van der Waals surface area contributed by atoms with Crippen LogP contribution in [-0.2, 0) is 13.0 Å². The van der Waals surface area contributed by atoms with Gasteiger partial charge in [0.25, 0.3) is 5.56 Å². The van der Waals surface area contributed by atoms with Crippen LogP contribution in [-0.4, -0.2) is 9.55 Å². The van der Waals surface area contributed by atoms with Crippen molar-refractivity contribution in [3.63, 3.8) is 0 Å². The van der Waals surface area contributed by atoms with Gasteiger partial charge in [-0.2, -0.15) is 0 Å². The number of benzene rings is 3. The number of fused-ring (bicyclic) bond motifs is 1. The smallest absolute Gasteiger partial charge is 0.266 e. The van der Waals surface area contributed by atoms with Gasteiger partial charge in [-0.15, -0.1) is 0 Å². The summed E-state index contributed by atoms with van der Waals surface area (Å²) in [4.78, 5) is 18.2. The van der Waals surface area contributed by atoms with Crippen molar-refractivity contribution in [3.8, 4) is 5.69 Å². The molecule has 146 valence electrons. The van der Waals surface area contributed by atoms with Crippen molar-refractivity contribution in [3.05, 3.63) is 106 Å². The van der Waals surface area contributed by atoms with Crippen molar-refractivity contribution in [2.24, 2.45) is 0 Å². The molecule has 0 spiro atoms. The molecule has 4 nitrogen and oxygen atoms in total. The summed E-state index contributed by atoms with van der Waals surface area (Å²) in [5, 5.41) is 4.15.